The first-order chi connectivity index (χ1) is 13.5. The normalized spacial score (nSPS) is 11.6. The van der Waals surface area contributed by atoms with E-state index < -0.39 is 10.9 Å². The number of nitrogens with zero attached hydrogens (tertiary/aromatic N) is 1. The molecular weight excluding hydrogens is 361 g/mol. The first-order valence-electron chi connectivity index (χ1n) is 9.09. The summed E-state index contributed by atoms with van der Waals surface area (Å²) in [6.45, 7) is 2.11. The minimum Gasteiger partial charge on any atom is -0.423 e. The number of esters is 1. The fraction of sp³-hybridized carbons (Fsp3) is 0.227. The molecule has 2 rings (SSSR count). The molecule has 0 heterocycles. The number of carbonyl (C=O) groups excluding carboxylic acids is 1. The average molecular weight is 383 g/mol. The van der Waals surface area contributed by atoms with Crippen molar-refractivity contribution >= 4 is 17.2 Å². The number of nitro benzene ring substituents is 1. The van der Waals surface area contributed by atoms with Gasteiger partial charge in [-0.2, -0.15) is 0 Å². The van der Waals surface area contributed by atoms with Crippen LogP contribution in [0.1, 0.15) is 38.2 Å². The molecule has 0 fully saturated rings. The van der Waals surface area contributed by atoms with Crippen molar-refractivity contribution in [2.45, 2.75) is 32.6 Å². The highest BCUT2D eigenvalue weighted by Gasteiger charge is 2.06. The van der Waals surface area contributed by atoms with Crippen molar-refractivity contribution in [1.82, 2.24) is 0 Å². The molecule has 0 aliphatic rings. The number of ether oxygens (including phenoxy) is 1. The summed E-state index contributed by atoms with van der Waals surface area (Å²) in [6, 6.07) is 11.6. The van der Waals surface area contributed by atoms with Gasteiger partial charge in [0.25, 0.3) is 5.69 Å². The van der Waals surface area contributed by atoms with E-state index in [9.17, 15) is 19.3 Å². The third-order valence-corrected chi connectivity index (χ3v) is 4.04. The summed E-state index contributed by atoms with van der Waals surface area (Å²) in [5.41, 5.74) is 1.64. The quantitative estimate of drug-likeness (QED) is 0.103. The lowest BCUT2D eigenvalue weighted by Crippen LogP contribution is -2.03. The molecule has 28 heavy (non-hydrogen) atoms. The van der Waals surface area contributed by atoms with Crippen molar-refractivity contribution in [3.8, 4) is 5.75 Å². The van der Waals surface area contributed by atoms with E-state index in [0.717, 1.165) is 36.8 Å². The van der Waals surface area contributed by atoms with Crippen LogP contribution in [0.3, 0.4) is 0 Å². The predicted octanol–water partition coefficient (Wildman–Crippen LogP) is 5.86. The lowest BCUT2D eigenvalue weighted by atomic mass is 9.99. The molecule has 0 bridgehead atoms. The second-order valence-corrected chi connectivity index (χ2v) is 6.19. The maximum atomic E-state index is 13.5. The predicted molar refractivity (Wildman–Crippen MR) is 106 cm³/mol. The molecule has 0 radical (unpaired) electrons. The average Bonchev–Trinajstić information content (AvgIpc) is 2.67. The van der Waals surface area contributed by atoms with E-state index >= 15 is 0 Å². The zero-order valence-electron chi connectivity index (χ0n) is 15.6. The molecule has 0 N–H and O–H groups in total. The molecule has 0 saturated carbocycles. The molecular formula is C22H22FNO4. The number of halogens is 1. The van der Waals surface area contributed by atoms with Crippen LogP contribution in [-0.2, 0) is 4.79 Å². The zero-order chi connectivity index (χ0) is 20.4. The number of hydrogen-bond donors (Lipinski definition) is 0. The first kappa shape index (κ1) is 21.0. The molecule has 0 amide bonds. The Balaban J connectivity index is 2.05. The number of benzene rings is 2. The van der Waals surface area contributed by atoms with Gasteiger partial charge < -0.3 is 4.74 Å². The Bertz CT molecular complexity index is 872. The molecule has 0 aromatic heterocycles. The highest BCUT2D eigenvalue weighted by Crippen LogP contribution is 2.22. The number of non-ortho nitro benzene ring substituents is 1. The Morgan fingerprint density at radius 1 is 1.18 bits per heavy atom. The molecule has 0 spiro atoms. The molecule has 146 valence electrons. The van der Waals surface area contributed by atoms with Gasteiger partial charge in [0.2, 0.25) is 0 Å². The Hall–Kier alpha value is -3.28. The first-order valence-corrected chi connectivity index (χ1v) is 9.09. The van der Waals surface area contributed by atoms with E-state index in [4.69, 9.17) is 4.74 Å². The van der Waals surface area contributed by atoms with Crippen LogP contribution in [0.25, 0.3) is 5.57 Å². The Morgan fingerprint density at radius 2 is 1.93 bits per heavy atom. The van der Waals surface area contributed by atoms with Gasteiger partial charge in [0.05, 0.1) is 4.92 Å². The van der Waals surface area contributed by atoms with Gasteiger partial charge in [-0.25, -0.2) is 9.18 Å². The SMILES string of the molecule is CCCCC/C(=C/C=C/C(=O)Oc1ccc([N+](=O)[O-])cc1)c1cccc(F)c1. The van der Waals surface area contributed by atoms with Gasteiger partial charge in [0.1, 0.15) is 11.6 Å². The standard InChI is InChI=1S/C22H22FNO4/c1-2-3-4-7-17(18-9-5-10-19(23)16-18)8-6-11-22(25)28-21-14-12-20(13-15-21)24(26)27/h5-6,8-16H,2-4,7H2,1H3/b11-6+,17-8-. The highest BCUT2D eigenvalue weighted by molar-refractivity contribution is 5.85. The van der Waals surface area contributed by atoms with E-state index in [0.29, 0.717) is 0 Å². The van der Waals surface area contributed by atoms with Gasteiger partial charge in [-0.3, -0.25) is 10.1 Å². The summed E-state index contributed by atoms with van der Waals surface area (Å²) in [5.74, 6) is -0.685. The Kier molecular flexibility index (Phi) is 8.09. The molecule has 2 aromatic carbocycles. The van der Waals surface area contributed by atoms with Crippen LogP contribution >= 0.6 is 0 Å². The lowest BCUT2D eigenvalue weighted by molar-refractivity contribution is -0.384. The molecule has 0 saturated heterocycles. The second-order valence-electron chi connectivity index (χ2n) is 6.19. The monoisotopic (exact) mass is 383 g/mol. The van der Waals surface area contributed by atoms with Crippen LogP contribution < -0.4 is 4.74 Å². The maximum Gasteiger partial charge on any atom is 0.336 e. The lowest BCUT2D eigenvalue weighted by Gasteiger charge is -2.07. The molecule has 5 nitrogen and oxygen atoms in total. The van der Waals surface area contributed by atoms with Crippen molar-refractivity contribution in [2.24, 2.45) is 0 Å². The van der Waals surface area contributed by atoms with E-state index in [2.05, 4.69) is 6.92 Å². The maximum absolute atomic E-state index is 13.5. The molecule has 2 aromatic rings. The number of nitro groups is 1. The van der Waals surface area contributed by atoms with Crippen molar-refractivity contribution < 1.29 is 18.8 Å². The topological polar surface area (TPSA) is 69.4 Å². The molecule has 0 aliphatic carbocycles. The van der Waals surface area contributed by atoms with Crippen molar-refractivity contribution in [3.05, 3.63) is 88.3 Å². The summed E-state index contributed by atoms with van der Waals surface area (Å²) in [4.78, 5) is 22.0. The summed E-state index contributed by atoms with van der Waals surface area (Å²) >= 11 is 0. The van der Waals surface area contributed by atoms with Crippen molar-refractivity contribution in [3.63, 3.8) is 0 Å². The summed E-state index contributed by atoms with van der Waals surface area (Å²) in [6.07, 6.45) is 8.51. The van der Waals surface area contributed by atoms with Gasteiger partial charge in [0, 0.05) is 18.2 Å². The zero-order valence-corrected chi connectivity index (χ0v) is 15.6. The minimum absolute atomic E-state index is 0.0786. The van der Waals surface area contributed by atoms with Crippen LogP contribution in [0.5, 0.6) is 5.75 Å². The Labute approximate surface area is 163 Å². The smallest absolute Gasteiger partial charge is 0.336 e. The molecule has 0 unspecified atom stereocenters. The number of rotatable bonds is 9. The second kappa shape index (κ2) is 10.8. The molecule has 0 atom stereocenters. The third-order valence-electron chi connectivity index (χ3n) is 4.04. The van der Waals surface area contributed by atoms with E-state index in [1.54, 1.807) is 18.2 Å². The molecule has 6 heteroatoms. The van der Waals surface area contributed by atoms with Crippen molar-refractivity contribution in [2.75, 3.05) is 0 Å². The summed E-state index contributed by atoms with van der Waals surface area (Å²) in [5, 5.41) is 10.6. The van der Waals surface area contributed by atoms with Gasteiger partial charge >= 0.3 is 5.97 Å². The van der Waals surface area contributed by atoms with E-state index in [-0.39, 0.29) is 17.3 Å². The minimum atomic E-state index is -0.600. The van der Waals surface area contributed by atoms with Crippen LogP contribution in [0.15, 0.2) is 66.8 Å². The van der Waals surface area contributed by atoms with Gasteiger partial charge in [0.15, 0.2) is 0 Å². The van der Waals surface area contributed by atoms with E-state index in [1.165, 1.54) is 42.5 Å². The van der Waals surface area contributed by atoms with Crippen LogP contribution in [-0.4, -0.2) is 10.9 Å². The fourth-order valence-electron chi connectivity index (χ4n) is 2.61. The van der Waals surface area contributed by atoms with Crippen LogP contribution in [0, 0.1) is 15.9 Å². The molecule has 0 aliphatic heterocycles. The van der Waals surface area contributed by atoms with Gasteiger partial charge in [-0.05, 0) is 48.2 Å². The van der Waals surface area contributed by atoms with Crippen molar-refractivity contribution in [1.29, 1.82) is 0 Å². The van der Waals surface area contributed by atoms with Crippen LogP contribution in [0.4, 0.5) is 10.1 Å². The Morgan fingerprint density at radius 3 is 2.57 bits per heavy atom. The van der Waals surface area contributed by atoms with Gasteiger partial charge in [-0.1, -0.05) is 44.1 Å². The third kappa shape index (κ3) is 6.79. The number of hydrogen-bond acceptors (Lipinski definition) is 4. The number of allylic oxidation sites excluding steroid dienone is 3. The fourth-order valence-corrected chi connectivity index (χ4v) is 2.61. The summed E-state index contributed by atoms with van der Waals surface area (Å²) in [7, 11) is 0. The number of unbranched alkanes of at least 4 members (excludes halogenated alkanes) is 2. The highest BCUT2D eigenvalue weighted by atomic mass is 19.1. The van der Waals surface area contributed by atoms with Gasteiger partial charge in [-0.15, -0.1) is 0 Å². The van der Waals surface area contributed by atoms with Crippen LogP contribution in [0.2, 0.25) is 0 Å². The van der Waals surface area contributed by atoms with E-state index in [1.807, 2.05) is 6.07 Å². The summed E-state index contributed by atoms with van der Waals surface area (Å²) < 4.78 is 18.6. The number of carbonyl (C=O) groups is 1. The largest absolute Gasteiger partial charge is 0.423 e.